The maximum absolute atomic E-state index is 13.4. The highest BCUT2D eigenvalue weighted by molar-refractivity contribution is 6.30. The number of aromatic hydroxyl groups is 1. The Morgan fingerprint density at radius 2 is 1.84 bits per heavy atom. The van der Waals surface area contributed by atoms with Gasteiger partial charge in [0.05, 0.1) is 41.3 Å². The van der Waals surface area contributed by atoms with E-state index in [0.29, 0.717) is 44.3 Å². The number of nitrogens with one attached hydrogen (secondary N) is 1. The van der Waals surface area contributed by atoms with Crippen LogP contribution in [0.2, 0.25) is 5.02 Å². The first-order valence-electron chi connectivity index (χ1n) is 11.4. The zero-order chi connectivity index (χ0) is 25.9. The number of fused-ring (bicyclic) bond motifs is 1. The van der Waals surface area contributed by atoms with Gasteiger partial charge in [-0.2, -0.15) is 10.2 Å². The Balaban J connectivity index is 1.59. The third-order valence-corrected chi connectivity index (χ3v) is 6.07. The number of ether oxygens (including phenoxy) is 1. The van der Waals surface area contributed by atoms with E-state index in [1.807, 2.05) is 49.4 Å². The van der Waals surface area contributed by atoms with Crippen molar-refractivity contribution >= 4 is 34.8 Å². The molecule has 5 aromatic rings. The van der Waals surface area contributed by atoms with Gasteiger partial charge in [-0.1, -0.05) is 48.0 Å². The average Bonchev–Trinajstić information content (AvgIpc) is 3.26. The Morgan fingerprint density at radius 3 is 2.57 bits per heavy atom. The number of pyridine rings is 1. The van der Waals surface area contributed by atoms with Crippen LogP contribution in [0.5, 0.6) is 11.5 Å². The molecule has 8 nitrogen and oxygen atoms in total. The molecule has 37 heavy (non-hydrogen) atoms. The van der Waals surface area contributed by atoms with E-state index in [4.69, 9.17) is 21.3 Å². The van der Waals surface area contributed by atoms with Crippen molar-refractivity contribution in [2.45, 2.75) is 6.92 Å². The molecule has 5 rings (SSSR count). The highest BCUT2D eigenvalue weighted by Crippen LogP contribution is 2.30. The summed E-state index contributed by atoms with van der Waals surface area (Å²) in [4.78, 5) is 18.3. The number of methoxy groups -OCH3 is 1. The molecule has 2 aromatic heterocycles. The van der Waals surface area contributed by atoms with E-state index in [9.17, 15) is 9.90 Å². The van der Waals surface area contributed by atoms with E-state index in [2.05, 4.69) is 15.6 Å². The normalized spacial score (nSPS) is 11.2. The van der Waals surface area contributed by atoms with Crippen LogP contribution in [0.3, 0.4) is 0 Å². The number of aryl methyl sites for hydroxylation is 1. The lowest BCUT2D eigenvalue weighted by atomic mass is 10.1. The van der Waals surface area contributed by atoms with Crippen molar-refractivity contribution < 1.29 is 14.6 Å². The number of nitrogens with zero attached hydrogens (tertiary/aromatic N) is 4. The van der Waals surface area contributed by atoms with E-state index in [0.717, 1.165) is 11.3 Å². The molecule has 0 aliphatic heterocycles. The Morgan fingerprint density at radius 1 is 1.08 bits per heavy atom. The van der Waals surface area contributed by atoms with Crippen LogP contribution in [-0.4, -0.2) is 39.1 Å². The monoisotopic (exact) mass is 511 g/mol. The van der Waals surface area contributed by atoms with E-state index in [1.54, 1.807) is 41.1 Å². The maximum atomic E-state index is 13.4. The van der Waals surface area contributed by atoms with Crippen molar-refractivity contribution in [2.75, 3.05) is 7.11 Å². The van der Waals surface area contributed by atoms with Gasteiger partial charge in [-0.15, -0.1) is 0 Å². The highest BCUT2D eigenvalue weighted by Gasteiger charge is 2.21. The zero-order valence-electron chi connectivity index (χ0n) is 20.0. The minimum Gasteiger partial charge on any atom is -0.504 e. The van der Waals surface area contributed by atoms with Crippen LogP contribution in [0, 0.1) is 6.92 Å². The topological polar surface area (TPSA) is 102 Å². The van der Waals surface area contributed by atoms with Crippen LogP contribution in [-0.2, 0) is 0 Å². The molecule has 3 aromatic carbocycles. The summed E-state index contributed by atoms with van der Waals surface area (Å²) < 4.78 is 6.84. The first kappa shape index (κ1) is 24.0. The summed E-state index contributed by atoms with van der Waals surface area (Å²) in [5, 5.41) is 20.2. The number of carbonyl (C=O) groups is 1. The number of rotatable bonds is 6. The number of amides is 1. The zero-order valence-corrected chi connectivity index (χ0v) is 20.8. The number of carbonyl (C=O) groups excluding carboxylic acids is 1. The van der Waals surface area contributed by atoms with Gasteiger partial charge < -0.3 is 9.84 Å². The number of halogens is 1. The number of para-hydroxylation sites is 2. The summed E-state index contributed by atoms with van der Waals surface area (Å²) in [5.74, 6) is -0.209. The Hall–Kier alpha value is -4.69. The third-order valence-electron chi connectivity index (χ3n) is 5.82. The van der Waals surface area contributed by atoms with Gasteiger partial charge in [0.2, 0.25) is 0 Å². The summed E-state index contributed by atoms with van der Waals surface area (Å²) in [6.45, 7) is 1.83. The van der Waals surface area contributed by atoms with Crippen LogP contribution in [0.4, 0.5) is 0 Å². The molecule has 0 unspecified atom stereocenters. The molecular weight excluding hydrogens is 490 g/mol. The average molecular weight is 512 g/mol. The van der Waals surface area contributed by atoms with Gasteiger partial charge >= 0.3 is 0 Å². The molecule has 184 valence electrons. The predicted octanol–water partition coefficient (Wildman–Crippen LogP) is 5.53. The lowest BCUT2D eigenvalue weighted by Gasteiger charge is -2.09. The van der Waals surface area contributed by atoms with Crippen molar-refractivity contribution in [3.05, 3.63) is 101 Å². The van der Waals surface area contributed by atoms with E-state index >= 15 is 0 Å². The molecule has 2 heterocycles. The molecule has 2 N–H and O–H groups in total. The first-order valence-corrected chi connectivity index (χ1v) is 11.7. The second kappa shape index (κ2) is 10.1. The molecule has 0 fully saturated rings. The SMILES string of the molecule is COc1cccc(C=NNC(=O)c2cc(-c3ccc(Cl)cc3)nc3c2c(C)nn3-c2ccccc2)c1O. The third kappa shape index (κ3) is 4.74. The lowest BCUT2D eigenvalue weighted by Crippen LogP contribution is -2.18. The fraction of sp³-hybridized carbons (Fsp3) is 0.0714. The number of phenols is 1. The lowest BCUT2D eigenvalue weighted by molar-refractivity contribution is 0.0956. The summed E-state index contributed by atoms with van der Waals surface area (Å²) in [7, 11) is 1.46. The number of benzene rings is 3. The van der Waals surface area contributed by atoms with Gasteiger partial charge in [0, 0.05) is 16.1 Å². The van der Waals surface area contributed by atoms with E-state index in [1.165, 1.54) is 13.3 Å². The maximum Gasteiger partial charge on any atom is 0.272 e. The molecule has 0 aliphatic carbocycles. The quantitative estimate of drug-likeness (QED) is 0.230. The number of aromatic nitrogens is 3. The van der Waals surface area contributed by atoms with Gasteiger partial charge in [-0.25, -0.2) is 15.1 Å². The Bertz CT molecular complexity index is 1630. The van der Waals surface area contributed by atoms with Gasteiger partial charge in [0.25, 0.3) is 5.91 Å². The summed E-state index contributed by atoms with van der Waals surface area (Å²) >= 11 is 6.08. The molecule has 0 aliphatic rings. The van der Waals surface area contributed by atoms with Gasteiger partial charge in [-0.3, -0.25) is 4.79 Å². The predicted molar refractivity (Wildman–Crippen MR) is 144 cm³/mol. The van der Waals surface area contributed by atoms with Crippen molar-refractivity contribution in [2.24, 2.45) is 5.10 Å². The van der Waals surface area contributed by atoms with Gasteiger partial charge in [-0.05, 0) is 49.4 Å². The molecule has 0 atom stereocenters. The van der Waals surface area contributed by atoms with Crippen molar-refractivity contribution in [1.29, 1.82) is 0 Å². The van der Waals surface area contributed by atoms with E-state index in [-0.39, 0.29) is 5.75 Å². The van der Waals surface area contributed by atoms with Gasteiger partial charge in [0.1, 0.15) is 0 Å². The molecule has 0 spiro atoms. The molecule has 0 saturated heterocycles. The number of hydrogen-bond donors (Lipinski definition) is 2. The minimum absolute atomic E-state index is 0.0701. The van der Waals surface area contributed by atoms with Crippen LogP contribution < -0.4 is 10.2 Å². The molecule has 1 amide bonds. The second-order valence-electron chi connectivity index (χ2n) is 8.19. The highest BCUT2D eigenvalue weighted by atomic mass is 35.5. The fourth-order valence-corrected chi connectivity index (χ4v) is 4.14. The molecule has 0 bridgehead atoms. The standard InChI is InChI=1S/C28H22ClN5O3/c1-17-25-22(28(36)32-30-16-19-7-6-10-24(37-2)26(19)35)15-23(18-11-13-20(29)14-12-18)31-27(25)34(33-17)21-8-4-3-5-9-21/h3-16,35H,1-2H3,(H,32,36). The van der Waals surface area contributed by atoms with E-state index < -0.39 is 5.91 Å². The van der Waals surface area contributed by atoms with Crippen LogP contribution >= 0.6 is 11.6 Å². The number of phenolic OH excluding ortho intramolecular Hbond substituents is 1. The molecule has 9 heteroatoms. The van der Waals surface area contributed by atoms with Crippen LogP contribution in [0.1, 0.15) is 21.6 Å². The Labute approximate surface area is 217 Å². The number of hydrazone groups is 1. The van der Waals surface area contributed by atoms with Crippen molar-refractivity contribution in [3.63, 3.8) is 0 Å². The first-order chi connectivity index (χ1) is 18.0. The van der Waals surface area contributed by atoms with Crippen LogP contribution in [0.25, 0.3) is 28.0 Å². The summed E-state index contributed by atoms with van der Waals surface area (Å²) in [6.07, 6.45) is 1.36. The number of hydrogen-bond acceptors (Lipinski definition) is 6. The smallest absolute Gasteiger partial charge is 0.272 e. The fourth-order valence-electron chi connectivity index (χ4n) is 4.01. The van der Waals surface area contributed by atoms with Crippen molar-refractivity contribution in [1.82, 2.24) is 20.2 Å². The largest absolute Gasteiger partial charge is 0.504 e. The molecule has 0 radical (unpaired) electrons. The van der Waals surface area contributed by atoms with Crippen molar-refractivity contribution in [3.8, 4) is 28.4 Å². The second-order valence-corrected chi connectivity index (χ2v) is 8.63. The minimum atomic E-state index is -0.447. The molecule has 0 saturated carbocycles. The van der Waals surface area contributed by atoms with Gasteiger partial charge in [0.15, 0.2) is 17.1 Å². The van der Waals surface area contributed by atoms with Crippen LogP contribution in [0.15, 0.2) is 84.0 Å². The summed E-state index contributed by atoms with van der Waals surface area (Å²) in [5.41, 5.74) is 6.70. The molecular formula is C28H22ClN5O3. The summed E-state index contributed by atoms with van der Waals surface area (Å²) in [6, 6.07) is 23.5. The Kier molecular flexibility index (Phi) is 6.57.